The second-order valence-corrected chi connectivity index (χ2v) is 4.61. The van der Waals surface area contributed by atoms with E-state index in [-0.39, 0.29) is 30.6 Å². The largest absolute Gasteiger partial charge is 0.463 e. The number of ether oxygens (including phenoxy) is 2. The summed E-state index contributed by atoms with van der Waals surface area (Å²) in [5.41, 5.74) is 7.25. The summed E-state index contributed by atoms with van der Waals surface area (Å²) in [6.45, 7) is 6.38. The van der Waals surface area contributed by atoms with Crippen molar-refractivity contribution < 1.29 is 14.3 Å². The van der Waals surface area contributed by atoms with E-state index < -0.39 is 0 Å². The molecule has 0 aromatic carbocycles. The first kappa shape index (κ1) is 18.3. The first-order valence-electron chi connectivity index (χ1n) is 6.95. The fourth-order valence-electron chi connectivity index (χ4n) is 2.25. The summed E-state index contributed by atoms with van der Waals surface area (Å²) in [7, 11) is 0. The zero-order valence-corrected chi connectivity index (χ0v) is 12.9. The van der Waals surface area contributed by atoms with Crippen LogP contribution in [0.2, 0.25) is 0 Å². The molecule has 0 aliphatic heterocycles. The lowest BCUT2D eigenvalue weighted by Crippen LogP contribution is -2.32. The van der Waals surface area contributed by atoms with Crippen molar-refractivity contribution in [2.24, 2.45) is 5.73 Å². The molecule has 0 amide bonds. The molecule has 0 spiro atoms. The lowest BCUT2D eigenvalue weighted by atomic mass is 9.94. The number of esters is 1. The second kappa shape index (κ2) is 9.21. The first-order valence-corrected chi connectivity index (χ1v) is 6.95. The standard InChI is InChI=1S/C14H25NO3.ClH/c1-4-10(5-2)18-12-9-7-8-11(13(12)15)14(16)17-6-3;/h10,12H,4-9,15H2,1-3H3;1H. The zero-order valence-electron chi connectivity index (χ0n) is 12.1. The molecule has 1 atom stereocenters. The van der Waals surface area contributed by atoms with Gasteiger partial charge in [-0.3, -0.25) is 0 Å². The Morgan fingerprint density at radius 2 is 2.00 bits per heavy atom. The van der Waals surface area contributed by atoms with Gasteiger partial charge in [0, 0.05) is 5.70 Å². The number of halogens is 1. The van der Waals surface area contributed by atoms with Crippen LogP contribution < -0.4 is 5.73 Å². The van der Waals surface area contributed by atoms with Crippen LogP contribution in [0.5, 0.6) is 0 Å². The molecule has 0 aromatic rings. The molecule has 0 fully saturated rings. The van der Waals surface area contributed by atoms with Crippen molar-refractivity contribution in [1.29, 1.82) is 0 Å². The minimum absolute atomic E-state index is 0. The lowest BCUT2D eigenvalue weighted by Gasteiger charge is -2.28. The molecular weight excluding hydrogens is 266 g/mol. The van der Waals surface area contributed by atoms with Gasteiger partial charge in [0.25, 0.3) is 0 Å². The monoisotopic (exact) mass is 291 g/mol. The van der Waals surface area contributed by atoms with Gasteiger partial charge in [-0.15, -0.1) is 12.4 Å². The van der Waals surface area contributed by atoms with Gasteiger partial charge in [0.15, 0.2) is 0 Å². The second-order valence-electron chi connectivity index (χ2n) is 4.61. The minimum Gasteiger partial charge on any atom is -0.463 e. The van der Waals surface area contributed by atoms with Gasteiger partial charge in [-0.1, -0.05) is 13.8 Å². The topological polar surface area (TPSA) is 61.5 Å². The van der Waals surface area contributed by atoms with E-state index in [0.29, 0.717) is 24.3 Å². The third-order valence-electron chi connectivity index (χ3n) is 3.38. The quantitative estimate of drug-likeness (QED) is 0.764. The van der Waals surface area contributed by atoms with E-state index in [9.17, 15) is 4.79 Å². The predicted octanol–water partition coefficient (Wildman–Crippen LogP) is 2.94. The van der Waals surface area contributed by atoms with E-state index in [1.165, 1.54) is 0 Å². The Bertz CT molecular complexity index is 314. The average Bonchev–Trinajstić information content (AvgIpc) is 2.37. The highest BCUT2D eigenvalue weighted by Crippen LogP contribution is 2.27. The number of hydrogen-bond acceptors (Lipinski definition) is 4. The zero-order chi connectivity index (χ0) is 13.5. The maximum atomic E-state index is 11.8. The first-order chi connectivity index (χ1) is 8.63. The molecule has 0 saturated heterocycles. The van der Waals surface area contributed by atoms with Crippen molar-refractivity contribution in [2.45, 2.75) is 65.1 Å². The fraction of sp³-hybridized carbons (Fsp3) is 0.786. The molecule has 0 aromatic heterocycles. The van der Waals surface area contributed by atoms with Crippen LogP contribution in [0.4, 0.5) is 0 Å². The highest BCUT2D eigenvalue weighted by Gasteiger charge is 2.27. The summed E-state index contributed by atoms with van der Waals surface area (Å²) in [4.78, 5) is 11.8. The normalized spacial score (nSPS) is 19.3. The Labute approximate surface area is 122 Å². The van der Waals surface area contributed by atoms with Crippen LogP contribution in [-0.2, 0) is 14.3 Å². The van der Waals surface area contributed by atoms with E-state index in [1.807, 2.05) is 0 Å². The molecule has 0 bridgehead atoms. The summed E-state index contributed by atoms with van der Waals surface area (Å²) in [6.07, 6.45) is 4.56. The molecule has 5 heteroatoms. The van der Waals surface area contributed by atoms with E-state index in [2.05, 4.69) is 13.8 Å². The van der Waals surface area contributed by atoms with Crippen LogP contribution in [0.3, 0.4) is 0 Å². The number of rotatable bonds is 6. The third kappa shape index (κ3) is 5.03. The molecular formula is C14H26ClNO3. The summed E-state index contributed by atoms with van der Waals surface area (Å²) in [5.74, 6) is -0.284. The van der Waals surface area contributed by atoms with Gasteiger partial charge in [-0.25, -0.2) is 4.79 Å². The molecule has 19 heavy (non-hydrogen) atoms. The van der Waals surface area contributed by atoms with Crippen molar-refractivity contribution in [3.63, 3.8) is 0 Å². The number of carbonyl (C=O) groups excluding carboxylic acids is 1. The highest BCUT2D eigenvalue weighted by atomic mass is 35.5. The minimum atomic E-state index is -0.284. The van der Waals surface area contributed by atoms with Gasteiger partial charge >= 0.3 is 5.97 Å². The predicted molar refractivity (Wildman–Crippen MR) is 78.2 cm³/mol. The number of hydrogen-bond donors (Lipinski definition) is 1. The third-order valence-corrected chi connectivity index (χ3v) is 3.38. The Morgan fingerprint density at radius 1 is 1.37 bits per heavy atom. The molecule has 1 aliphatic carbocycles. The van der Waals surface area contributed by atoms with Gasteiger partial charge in [-0.05, 0) is 39.0 Å². The van der Waals surface area contributed by atoms with Gasteiger partial charge in [0.2, 0.25) is 0 Å². The summed E-state index contributed by atoms with van der Waals surface area (Å²) in [5, 5.41) is 0. The lowest BCUT2D eigenvalue weighted by molar-refractivity contribution is -0.139. The number of carbonyl (C=O) groups is 1. The van der Waals surface area contributed by atoms with Gasteiger partial charge in [-0.2, -0.15) is 0 Å². The molecule has 112 valence electrons. The molecule has 1 unspecified atom stereocenters. The maximum absolute atomic E-state index is 11.8. The maximum Gasteiger partial charge on any atom is 0.335 e. The van der Waals surface area contributed by atoms with E-state index in [4.69, 9.17) is 15.2 Å². The molecule has 0 saturated carbocycles. The molecule has 2 N–H and O–H groups in total. The molecule has 0 heterocycles. The molecule has 0 radical (unpaired) electrons. The van der Waals surface area contributed by atoms with Crippen molar-refractivity contribution in [2.75, 3.05) is 6.61 Å². The van der Waals surface area contributed by atoms with Gasteiger partial charge in [0.05, 0.1) is 24.4 Å². The SMILES string of the molecule is CCOC(=O)C1=C(N)C(OC(CC)CC)CCC1.Cl. The Kier molecular flexibility index (Phi) is 8.85. The molecule has 4 nitrogen and oxygen atoms in total. The van der Waals surface area contributed by atoms with Gasteiger partial charge < -0.3 is 15.2 Å². The van der Waals surface area contributed by atoms with Crippen molar-refractivity contribution in [3.05, 3.63) is 11.3 Å². The van der Waals surface area contributed by atoms with Crippen LogP contribution >= 0.6 is 12.4 Å². The van der Waals surface area contributed by atoms with Crippen LogP contribution in [0, 0.1) is 0 Å². The summed E-state index contributed by atoms with van der Waals surface area (Å²) < 4.78 is 11.0. The van der Waals surface area contributed by atoms with Crippen molar-refractivity contribution in [1.82, 2.24) is 0 Å². The van der Waals surface area contributed by atoms with Crippen LogP contribution in [0.1, 0.15) is 52.9 Å². The van der Waals surface area contributed by atoms with Crippen LogP contribution in [0.25, 0.3) is 0 Å². The summed E-state index contributed by atoms with van der Waals surface area (Å²) >= 11 is 0. The smallest absolute Gasteiger partial charge is 0.335 e. The van der Waals surface area contributed by atoms with Gasteiger partial charge in [0.1, 0.15) is 0 Å². The van der Waals surface area contributed by atoms with Crippen LogP contribution in [0.15, 0.2) is 11.3 Å². The van der Waals surface area contributed by atoms with E-state index in [1.54, 1.807) is 6.92 Å². The average molecular weight is 292 g/mol. The number of nitrogens with two attached hydrogens (primary N) is 1. The Morgan fingerprint density at radius 3 is 2.53 bits per heavy atom. The Hall–Kier alpha value is -0.740. The summed E-state index contributed by atoms with van der Waals surface area (Å²) in [6, 6.07) is 0. The van der Waals surface area contributed by atoms with E-state index >= 15 is 0 Å². The van der Waals surface area contributed by atoms with Crippen molar-refractivity contribution >= 4 is 18.4 Å². The molecule has 1 aliphatic rings. The van der Waals surface area contributed by atoms with Crippen LogP contribution in [-0.4, -0.2) is 24.8 Å². The molecule has 1 rings (SSSR count). The van der Waals surface area contributed by atoms with Crippen molar-refractivity contribution in [3.8, 4) is 0 Å². The van der Waals surface area contributed by atoms with E-state index in [0.717, 1.165) is 25.7 Å². The highest BCUT2D eigenvalue weighted by molar-refractivity contribution is 5.89. The fourth-order valence-corrected chi connectivity index (χ4v) is 2.25. The Balaban J connectivity index is 0.00000324.